The van der Waals surface area contributed by atoms with Crippen LogP contribution in [-0.2, 0) is 27.4 Å². The second-order valence-electron chi connectivity index (χ2n) is 6.47. The number of anilines is 1. The van der Waals surface area contributed by atoms with Crippen LogP contribution in [0.1, 0.15) is 16.3 Å². The average Bonchev–Trinajstić information content (AvgIpc) is 3.17. The zero-order valence-electron chi connectivity index (χ0n) is 16.3. The Balaban J connectivity index is 1.44. The van der Waals surface area contributed by atoms with Gasteiger partial charge in [-0.05, 0) is 25.1 Å². The minimum atomic E-state index is -0.603. The van der Waals surface area contributed by atoms with Crippen LogP contribution in [0, 0.1) is 6.92 Å². The molecule has 0 radical (unpaired) electrons. The van der Waals surface area contributed by atoms with Crippen molar-refractivity contribution in [2.75, 3.05) is 11.9 Å². The normalized spacial score (nSPS) is 10.6. The van der Waals surface area contributed by atoms with Gasteiger partial charge in [-0.25, -0.2) is 9.78 Å². The molecule has 0 fully saturated rings. The van der Waals surface area contributed by atoms with Crippen molar-refractivity contribution in [3.63, 3.8) is 0 Å². The Labute approximate surface area is 198 Å². The van der Waals surface area contributed by atoms with E-state index in [1.807, 2.05) is 31.2 Å². The third-order valence-corrected chi connectivity index (χ3v) is 5.86. The van der Waals surface area contributed by atoms with Crippen LogP contribution in [0.2, 0.25) is 15.1 Å². The Kier molecular flexibility index (Phi) is 8.15. The summed E-state index contributed by atoms with van der Waals surface area (Å²) < 4.78 is 10.5. The summed E-state index contributed by atoms with van der Waals surface area (Å²) in [6, 6.07) is 10.4. The van der Waals surface area contributed by atoms with Gasteiger partial charge in [0.15, 0.2) is 6.61 Å². The number of nitrogens with zero attached hydrogens (tertiary/aromatic N) is 1. The second kappa shape index (κ2) is 10.8. The first kappa shape index (κ1) is 23.3. The van der Waals surface area contributed by atoms with Crippen LogP contribution in [-0.4, -0.2) is 23.5 Å². The number of halogens is 3. The lowest BCUT2D eigenvalue weighted by Gasteiger charge is -2.09. The van der Waals surface area contributed by atoms with E-state index in [0.29, 0.717) is 10.7 Å². The zero-order chi connectivity index (χ0) is 22.4. The summed E-state index contributed by atoms with van der Waals surface area (Å²) in [5.74, 6) is -0.550. The van der Waals surface area contributed by atoms with Crippen LogP contribution in [0.5, 0.6) is 5.75 Å². The van der Waals surface area contributed by atoms with Crippen molar-refractivity contribution in [3.8, 4) is 5.75 Å². The molecule has 1 heterocycles. The van der Waals surface area contributed by atoms with Gasteiger partial charge in [0.05, 0.1) is 27.2 Å². The maximum absolute atomic E-state index is 12.2. The summed E-state index contributed by atoms with van der Waals surface area (Å²) in [6.07, 6.45) is 0.130. The smallest absolute Gasteiger partial charge is 0.344 e. The number of esters is 1. The fourth-order valence-electron chi connectivity index (χ4n) is 2.42. The number of aromatic nitrogens is 1. The number of carbonyl (C=O) groups excluding carboxylic acids is 2. The van der Waals surface area contributed by atoms with Crippen LogP contribution in [0.25, 0.3) is 0 Å². The van der Waals surface area contributed by atoms with E-state index in [4.69, 9.17) is 44.3 Å². The van der Waals surface area contributed by atoms with E-state index >= 15 is 0 Å². The Morgan fingerprint density at radius 1 is 1.06 bits per heavy atom. The maximum Gasteiger partial charge on any atom is 0.344 e. The van der Waals surface area contributed by atoms with Crippen molar-refractivity contribution in [1.29, 1.82) is 0 Å². The standard InChI is InChI=1S/C21H17Cl3N2O4S/c1-12-2-4-13(5-3-12)25-19(27)8-20-26-14(11-31-20)9-30-21(28)10-29-18-7-16(23)15(22)6-17(18)24/h2-7,11H,8-10H2,1H3,(H,25,27). The molecule has 10 heteroatoms. The highest BCUT2D eigenvalue weighted by Crippen LogP contribution is 2.33. The number of aryl methyl sites for hydroxylation is 1. The van der Waals surface area contributed by atoms with Gasteiger partial charge in [0.2, 0.25) is 5.91 Å². The molecule has 3 rings (SSSR count). The van der Waals surface area contributed by atoms with Gasteiger partial charge in [-0.2, -0.15) is 0 Å². The lowest BCUT2D eigenvalue weighted by molar-refractivity contribution is -0.147. The molecule has 0 aliphatic rings. The maximum atomic E-state index is 12.2. The molecule has 0 aliphatic heterocycles. The SMILES string of the molecule is Cc1ccc(NC(=O)Cc2nc(COC(=O)COc3cc(Cl)c(Cl)cc3Cl)cs2)cc1. The summed E-state index contributed by atoms with van der Waals surface area (Å²) in [5, 5.41) is 5.95. The predicted octanol–water partition coefficient (Wildman–Crippen LogP) is 5.72. The van der Waals surface area contributed by atoms with E-state index in [-0.39, 0.29) is 46.4 Å². The van der Waals surface area contributed by atoms with E-state index in [1.54, 1.807) is 5.38 Å². The molecular weight excluding hydrogens is 483 g/mol. The van der Waals surface area contributed by atoms with Gasteiger partial charge in [-0.1, -0.05) is 52.5 Å². The lowest BCUT2D eigenvalue weighted by Crippen LogP contribution is -2.15. The third kappa shape index (κ3) is 7.11. The molecule has 1 N–H and O–H groups in total. The van der Waals surface area contributed by atoms with Crippen molar-refractivity contribution in [2.45, 2.75) is 20.0 Å². The largest absolute Gasteiger partial charge is 0.480 e. The highest BCUT2D eigenvalue weighted by atomic mass is 35.5. The van der Waals surface area contributed by atoms with E-state index in [1.165, 1.54) is 23.5 Å². The number of rotatable bonds is 8. The number of nitrogens with one attached hydrogen (secondary N) is 1. The number of amides is 1. The van der Waals surface area contributed by atoms with Crippen molar-refractivity contribution in [2.24, 2.45) is 0 Å². The molecular formula is C21H17Cl3N2O4S. The minimum absolute atomic E-state index is 0.0343. The fraction of sp³-hybridized carbons (Fsp3) is 0.190. The van der Waals surface area contributed by atoms with Gasteiger partial charge in [-0.15, -0.1) is 11.3 Å². The van der Waals surface area contributed by atoms with Crippen LogP contribution >= 0.6 is 46.1 Å². The van der Waals surface area contributed by atoms with Crippen molar-refractivity contribution in [3.05, 3.63) is 73.1 Å². The molecule has 1 aromatic heterocycles. The number of hydrogen-bond acceptors (Lipinski definition) is 6. The van der Waals surface area contributed by atoms with Gasteiger partial charge in [0.1, 0.15) is 17.4 Å². The number of carbonyl (C=O) groups is 2. The molecule has 0 saturated carbocycles. The van der Waals surface area contributed by atoms with E-state index in [2.05, 4.69) is 10.3 Å². The van der Waals surface area contributed by atoms with Gasteiger partial charge in [0.25, 0.3) is 0 Å². The molecule has 2 aromatic carbocycles. The number of hydrogen-bond donors (Lipinski definition) is 1. The van der Waals surface area contributed by atoms with Crippen LogP contribution in [0.4, 0.5) is 5.69 Å². The average molecular weight is 500 g/mol. The molecule has 6 nitrogen and oxygen atoms in total. The Morgan fingerprint density at radius 3 is 2.52 bits per heavy atom. The third-order valence-electron chi connectivity index (χ3n) is 3.95. The predicted molar refractivity (Wildman–Crippen MR) is 122 cm³/mol. The van der Waals surface area contributed by atoms with Gasteiger partial charge in [-0.3, -0.25) is 4.79 Å². The summed E-state index contributed by atoms with van der Waals surface area (Å²) in [5.41, 5.74) is 2.38. The molecule has 1 amide bonds. The highest BCUT2D eigenvalue weighted by Gasteiger charge is 2.12. The topological polar surface area (TPSA) is 77.5 Å². The highest BCUT2D eigenvalue weighted by molar-refractivity contribution is 7.09. The molecule has 0 atom stereocenters. The van der Waals surface area contributed by atoms with Gasteiger partial charge >= 0.3 is 5.97 Å². The van der Waals surface area contributed by atoms with Crippen molar-refractivity contribution < 1.29 is 19.1 Å². The van der Waals surface area contributed by atoms with Crippen molar-refractivity contribution >= 4 is 63.7 Å². The van der Waals surface area contributed by atoms with E-state index in [0.717, 1.165) is 11.3 Å². The summed E-state index contributed by atoms with van der Waals surface area (Å²) >= 11 is 19.1. The lowest BCUT2D eigenvalue weighted by atomic mass is 10.2. The fourth-order valence-corrected chi connectivity index (χ4v) is 3.79. The van der Waals surface area contributed by atoms with Gasteiger partial charge < -0.3 is 14.8 Å². The first-order valence-corrected chi connectivity index (χ1v) is 11.0. The molecule has 0 aliphatic carbocycles. The zero-order valence-corrected chi connectivity index (χ0v) is 19.4. The first-order chi connectivity index (χ1) is 14.8. The monoisotopic (exact) mass is 498 g/mol. The Bertz CT molecular complexity index is 1090. The molecule has 0 saturated heterocycles. The number of benzene rings is 2. The van der Waals surface area contributed by atoms with Gasteiger partial charge in [0, 0.05) is 17.1 Å². The summed E-state index contributed by atoms with van der Waals surface area (Å²) in [4.78, 5) is 28.4. The van der Waals surface area contributed by atoms with E-state index < -0.39 is 5.97 Å². The molecule has 0 spiro atoms. The number of thiazole rings is 1. The first-order valence-electron chi connectivity index (χ1n) is 9.03. The van der Waals surface area contributed by atoms with Crippen LogP contribution < -0.4 is 10.1 Å². The molecule has 0 bridgehead atoms. The Morgan fingerprint density at radius 2 is 1.77 bits per heavy atom. The molecule has 0 unspecified atom stereocenters. The minimum Gasteiger partial charge on any atom is -0.480 e. The van der Waals surface area contributed by atoms with Crippen LogP contribution in [0.3, 0.4) is 0 Å². The number of ether oxygens (including phenoxy) is 2. The van der Waals surface area contributed by atoms with E-state index in [9.17, 15) is 9.59 Å². The molecule has 3 aromatic rings. The summed E-state index contributed by atoms with van der Waals surface area (Å²) in [6.45, 7) is 1.59. The van der Waals surface area contributed by atoms with Crippen molar-refractivity contribution in [1.82, 2.24) is 4.98 Å². The molecule has 31 heavy (non-hydrogen) atoms. The Hall–Kier alpha value is -2.32. The molecule has 162 valence electrons. The van der Waals surface area contributed by atoms with Crippen LogP contribution in [0.15, 0.2) is 41.8 Å². The quantitative estimate of drug-likeness (QED) is 0.317. The summed E-state index contributed by atoms with van der Waals surface area (Å²) in [7, 11) is 0. The second-order valence-corrected chi connectivity index (χ2v) is 8.63.